The maximum Gasteiger partial charge on any atom is 0.120 e. The quantitative estimate of drug-likeness (QED) is 0.130. The maximum atomic E-state index is 10.3. The lowest BCUT2D eigenvalue weighted by Gasteiger charge is -2.15. The van der Waals surface area contributed by atoms with Gasteiger partial charge in [-0.1, -0.05) is 141 Å². The number of fused-ring (bicyclic) bond motifs is 1. The number of carbonyl (C=O) groups is 1. The fourth-order valence-electron chi connectivity index (χ4n) is 5.07. The first kappa shape index (κ1) is 37.6. The number of benzene rings is 4. The minimum Gasteiger partial charge on any atom is -0.396 e. The van der Waals surface area contributed by atoms with Gasteiger partial charge in [0.25, 0.3) is 0 Å². The number of anilines is 1. The number of aliphatic hydroxyl groups excluding tert-OH is 1. The Kier molecular flexibility index (Phi) is 16.7. The highest BCUT2D eigenvalue weighted by molar-refractivity contribution is 9.11. The van der Waals surface area contributed by atoms with Crippen LogP contribution in [0.1, 0.15) is 74.5 Å². The third-order valence-electron chi connectivity index (χ3n) is 7.85. The van der Waals surface area contributed by atoms with Crippen molar-refractivity contribution in [2.45, 2.75) is 57.8 Å². The van der Waals surface area contributed by atoms with Crippen LogP contribution in [0.25, 0.3) is 10.9 Å². The third-order valence-corrected chi connectivity index (χ3v) is 10.0. The van der Waals surface area contributed by atoms with E-state index in [4.69, 9.17) is 5.11 Å². The number of carbonyl (C=O) groups excluding carboxylic acids is 1. The number of halogens is 3. The van der Waals surface area contributed by atoms with E-state index in [1.165, 1.54) is 26.5 Å². The molecule has 2 N–H and O–H groups in total. The number of nitrogens with zero attached hydrogens (tertiary/aromatic N) is 1. The highest BCUT2D eigenvalue weighted by Gasteiger charge is 2.10. The van der Waals surface area contributed by atoms with E-state index in [-0.39, 0.29) is 6.61 Å². The van der Waals surface area contributed by atoms with Gasteiger partial charge in [-0.3, -0.25) is 4.98 Å². The van der Waals surface area contributed by atoms with Gasteiger partial charge in [0.05, 0.1) is 11.2 Å². The number of para-hydroxylation sites is 1. The Morgan fingerprint density at radius 1 is 0.674 bits per heavy atom. The van der Waals surface area contributed by atoms with Crippen LogP contribution in [0.2, 0.25) is 0 Å². The third kappa shape index (κ3) is 11.8. The highest BCUT2D eigenvalue weighted by atomic mass is 79.9. The lowest BCUT2D eigenvalue weighted by atomic mass is 9.98. The summed E-state index contributed by atoms with van der Waals surface area (Å²) in [6.45, 7) is 7.62. The van der Waals surface area contributed by atoms with Gasteiger partial charge >= 0.3 is 0 Å². The molecule has 0 saturated heterocycles. The minimum atomic E-state index is 0.252. The molecule has 242 valence electrons. The molecule has 3 atom stereocenters. The van der Waals surface area contributed by atoms with E-state index in [9.17, 15) is 4.79 Å². The Morgan fingerprint density at radius 2 is 1.17 bits per heavy atom. The van der Waals surface area contributed by atoms with Gasteiger partial charge in [0.1, 0.15) is 6.29 Å². The summed E-state index contributed by atoms with van der Waals surface area (Å²) < 4.78 is 3.40. The number of aldehydes is 1. The molecule has 0 bridgehead atoms. The van der Waals surface area contributed by atoms with Crippen LogP contribution in [0.5, 0.6) is 0 Å². The van der Waals surface area contributed by atoms with Crippen LogP contribution in [-0.2, 0) is 4.79 Å². The summed E-state index contributed by atoms with van der Waals surface area (Å²) in [6.07, 6.45) is 5.29. The van der Waals surface area contributed by atoms with Crippen LogP contribution < -0.4 is 5.32 Å². The maximum absolute atomic E-state index is 10.3. The van der Waals surface area contributed by atoms with Crippen LogP contribution in [0, 0.1) is 0 Å². The first-order valence-electron chi connectivity index (χ1n) is 15.6. The number of rotatable bonds is 11. The molecule has 4 aromatic carbocycles. The summed E-state index contributed by atoms with van der Waals surface area (Å²) in [5, 5.41) is 13.5. The normalized spacial score (nSPS) is 12.5. The molecule has 0 radical (unpaired) electrons. The number of nitrogens with one attached hydrogen (secondary N) is 1. The van der Waals surface area contributed by atoms with Crippen LogP contribution in [0.3, 0.4) is 0 Å². The molecule has 7 heteroatoms. The second kappa shape index (κ2) is 20.4. The topological polar surface area (TPSA) is 62.2 Å². The summed E-state index contributed by atoms with van der Waals surface area (Å²) in [7, 11) is 0. The smallest absolute Gasteiger partial charge is 0.120 e. The van der Waals surface area contributed by atoms with Crippen LogP contribution in [0.15, 0.2) is 123 Å². The zero-order valence-electron chi connectivity index (χ0n) is 26.7. The molecular formula is C39H43Br3N2O2. The standard InChI is InChI=1S/C19H19BrN2.C10H13BrO.C10H11BrO/c1-14(16-8-2-3-9-17(16)20)11-13-21-18-10-4-6-15-7-5-12-22-19(15)18;2*1-8(6-7-12)9-4-2-3-5-10(9)11/h2-10,12,14,21H,11,13H2,1H3;2-5,8,12H,6-7H2,1H3;2-5,7-8H,6H2,1H3. The molecule has 3 unspecified atom stereocenters. The van der Waals surface area contributed by atoms with Crippen LogP contribution in [0.4, 0.5) is 5.69 Å². The van der Waals surface area contributed by atoms with E-state index in [1.54, 1.807) is 0 Å². The first-order valence-corrected chi connectivity index (χ1v) is 18.0. The monoisotopic (exact) mass is 808 g/mol. The Hall–Kier alpha value is -2.84. The van der Waals surface area contributed by atoms with Gasteiger partial charge in [-0.2, -0.15) is 0 Å². The minimum absolute atomic E-state index is 0.252. The molecule has 5 aromatic rings. The molecule has 0 spiro atoms. The van der Waals surface area contributed by atoms with Crippen LogP contribution in [-0.4, -0.2) is 29.5 Å². The van der Waals surface area contributed by atoms with Gasteiger partial charge in [0.15, 0.2) is 0 Å². The largest absolute Gasteiger partial charge is 0.396 e. The van der Waals surface area contributed by atoms with Crippen molar-refractivity contribution in [3.05, 3.63) is 139 Å². The average Bonchev–Trinajstić information content (AvgIpc) is 3.06. The van der Waals surface area contributed by atoms with Crippen molar-refractivity contribution in [3.63, 3.8) is 0 Å². The van der Waals surface area contributed by atoms with Gasteiger partial charge in [-0.05, 0) is 77.6 Å². The predicted molar refractivity (Wildman–Crippen MR) is 205 cm³/mol. The van der Waals surface area contributed by atoms with Crippen molar-refractivity contribution >= 4 is 70.7 Å². The summed E-state index contributed by atoms with van der Waals surface area (Å²) >= 11 is 10.6. The Balaban J connectivity index is 0.000000205. The van der Waals surface area contributed by atoms with Crippen molar-refractivity contribution in [1.29, 1.82) is 0 Å². The number of aliphatic hydroxyl groups is 1. The van der Waals surface area contributed by atoms with Crippen molar-refractivity contribution in [2.24, 2.45) is 0 Å². The first-order chi connectivity index (χ1) is 22.3. The van der Waals surface area contributed by atoms with Gasteiger partial charge in [0, 0.05) is 44.6 Å². The second-order valence-corrected chi connectivity index (χ2v) is 13.8. The van der Waals surface area contributed by atoms with E-state index >= 15 is 0 Å². The summed E-state index contributed by atoms with van der Waals surface area (Å²) in [5.74, 6) is 1.23. The van der Waals surface area contributed by atoms with Crippen molar-refractivity contribution in [3.8, 4) is 0 Å². The zero-order valence-corrected chi connectivity index (χ0v) is 31.4. The highest BCUT2D eigenvalue weighted by Crippen LogP contribution is 2.29. The Labute approximate surface area is 299 Å². The van der Waals surface area contributed by atoms with E-state index in [0.29, 0.717) is 24.2 Å². The zero-order chi connectivity index (χ0) is 33.3. The van der Waals surface area contributed by atoms with Gasteiger partial charge in [-0.15, -0.1) is 0 Å². The van der Waals surface area contributed by atoms with Crippen LogP contribution >= 0.6 is 47.8 Å². The molecule has 0 fully saturated rings. The molecule has 0 aliphatic carbocycles. The van der Waals surface area contributed by atoms with Gasteiger partial charge in [-0.25, -0.2) is 0 Å². The molecule has 1 heterocycles. The Morgan fingerprint density at radius 3 is 1.70 bits per heavy atom. The van der Waals surface area contributed by atoms with E-state index in [2.05, 4.69) is 133 Å². The molecule has 0 aliphatic heterocycles. The second-order valence-electron chi connectivity index (χ2n) is 11.3. The Bertz CT molecular complexity index is 1640. The number of aromatic nitrogens is 1. The van der Waals surface area contributed by atoms with E-state index in [1.807, 2.05) is 54.7 Å². The number of pyridine rings is 1. The molecule has 5 rings (SSSR count). The van der Waals surface area contributed by atoms with E-state index in [0.717, 1.165) is 45.8 Å². The fraction of sp³-hybridized carbons (Fsp3) is 0.282. The molecular weight excluding hydrogens is 768 g/mol. The fourth-order valence-corrected chi connectivity index (χ4v) is 7.10. The summed E-state index contributed by atoms with van der Waals surface area (Å²) in [5.41, 5.74) is 5.98. The molecule has 4 nitrogen and oxygen atoms in total. The van der Waals surface area contributed by atoms with Gasteiger partial charge < -0.3 is 15.2 Å². The van der Waals surface area contributed by atoms with Gasteiger partial charge in [0.2, 0.25) is 0 Å². The number of hydrogen-bond acceptors (Lipinski definition) is 4. The lowest BCUT2D eigenvalue weighted by molar-refractivity contribution is -0.108. The van der Waals surface area contributed by atoms with Crippen molar-refractivity contribution < 1.29 is 9.90 Å². The molecule has 1 aromatic heterocycles. The number of hydrogen-bond donors (Lipinski definition) is 2. The van der Waals surface area contributed by atoms with Crippen molar-refractivity contribution in [1.82, 2.24) is 4.98 Å². The van der Waals surface area contributed by atoms with E-state index < -0.39 is 0 Å². The lowest BCUT2D eigenvalue weighted by Crippen LogP contribution is -2.07. The summed E-state index contributed by atoms with van der Waals surface area (Å²) in [6, 6.07) is 34.9. The summed E-state index contributed by atoms with van der Waals surface area (Å²) in [4.78, 5) is 14.8. The van der Waals surface area contributed by atoms with Crippen molar-refractivity contribution in [2.75, 3.05) is 18.5 Å². The average molecular weight is 811 g/mol. The molecule has 0 saturated carbocycles. The molecule has 46 heavy (non-hydrogen) atoms. The molecule has 0 aliphatic rings. The SMILES string of the molecule is CC(CC=O)c1ccccc1Br.CC(CCNc1cccc2cccnc12)c1ccccc1Br.CC(CCO)c1ccccc1Br. The molecule has 0 amide bonds. The predicted octanol–water partition coefficient (Wildman–Crippen LogP) is 11.7.